The number of hydrogen-bond donors (Lipinski definition) is 3. The average Bonchev–Trinajstić information content (AvgIpc) is 2.63. The van der Waals surface area contributed by atoms with Gasteiger partial charge in [0.1, 0.15) is 5.75 Å². The Labute approximate surface area is 158 Å². The molecule has 0 aromatic heterocycles. The Morgan fingerprint density at radius 1 is 1.08 bits per heavy atom. The van der Waals surface area contributed by atoms with Crippen molar-refractivity contribution >= 4 is 29.3 Å². The molecule has 1 aromatic carbocycles. The molecule has 1 aromatic rings. The molecule has 0 spiro atoms. The predicted octanol–water partition coefficient (Wildman–Crippen LogP) is 1.26. The fourth-order valence-electron chi connectivity index (χ4n) is 2.06. The molecule has 1 atom stereocenters. The van der Waals surface area contributed by atoms with E-state index in [1.165, 1.54) is 27.4 Å². The number of methoxy groups -OCH3 is 4. The molecular weight excluding hydrogens is 358 g/mol. The zero-order chi connectivity index (χ0) is 19.5. The summed E-state index contributed by atoms with van der Waals surface area (Å²) in [5, 5.41) is 3.25. The molecule has 0 aliphatic heterocycles. The first kappa shape index (κ1) is 21.5. The van der Waals surface area contributed by atoms with E-state index >= 15 is 0 Å². The quantitative estimate of drug-likeness (QED) is 0.351. The van der Waals surface area contributed by atoms with Crippen LogP contribution in [0.3, 0.4) is 0 Å². The summed E-state index contributed by atoms with van der Waals surface area (Å²) in [6.45, 7) is 2.40. The Kier molecular flexibility index (Phi) is 9.24. The number of hydrogen-bond acceptors (Lipinski definition) is 6. The van der Waals surface area contributed by atoms with Crippen molar-refractivity contribution < 1.29 is 23.7 Å². The summed E-state index contributed by atoms with van der Waals surface area (Å²) in [6.07, 6.45) is 2.94. The Hall–Kier alpha value is -2.52. The van der Waals surface area contributed by atoms with Crippen LogP contribution in [0.15, 0.2) is 18.2 Å². The molecule has 1 amide bonds. The van der Waals surface area contributed by atoms with Crippen LogP contribution >= 0.6 is 12.2 Å². The smallest absolute Gasteiger partial charge is 0.262 e. The second-order valence-electron chi connectivity index (χ2n) is 5.23. The van der Waals surface area contributed by atoms with Gasteiger partial charge in [-0.3, -0.25) is 15.6 Å². The SMILES string of the molecule is COC[C@@H](C)NC(=S)NNC(=O)/C=C/c1cc(OC)c(OC)cc1OC. The lowest BCUT2D eigenvalue weighted by atomic mass is 10.1. The molecule has 9 heteroatoms. The molecule has 0 radical (unpaired) electrons. The zero-order valence-corrected chi connectivity index (χ0v) is 16.4. The van der Waals surface area contributed by atoms with Gasteiger partial charge in [-0.2, -0.15) is 0 Å². The van der Waals surface area contributed by atoms with Crippen molar-refractivity contribution in [3.8, 4) is 17.2 Å². The third-order valence-electron chi connectivity index (χ3n) is 3.24. The van der Waals surface area contributed by atoms with Gasteiger partial charge in [0, 0.05) is 30.9 Å². The third kappa shape index (κ3) is 6.77. The summed E-state index contributed by atoms with van der Waals surface area (Å²) in [7, 11) is 6.21. The Morgan fingerprint density at radius 2 is 1.69 bits per heavy atom. The molecule has 0 aliphatic carbocycles. The number of nitrogens with one attached hydrogen (secondary N) is 3. The number of carbonyl (C=O) groups excluding carboxylic acids is 1. The molecular formula is C17H25N3O5S. The van der Waals surface area contributed by atoms with E-state index in [0.717, 1.165) is 0 Å². The van der Waals surface area contributed by atoms with Crippen molar-refractivity contribution in [2.24, 2.45) is 0 Å². The van der Waals surface area contributed by atoms with Crippen LogP contribution < -0.4 is 30.4 Å². The summed E-state index contributed by atoms with van der Waals surface area (Å²) in [5.74, 6) is 1.23. The summed E-state index contributed by atoms with van der Waals surface area (Å²) in [5.41, 5.74) is 5.75. The van der Waals surface area contributed by atoms with Crippen molar-refractivity contribution in [2.45, 2.75) is 13.0 Å². The summed E-state index contributed by atoms with van der Waals surface area (Å²) in [6, 6.07) is 3.42. The molecule has 0 fully saturated rings. The van der Waals surface area contributed by atoms with Crippen LogP contribution in [0.5, 0.6) is 17.2 Å². The number of rotatable bonds is 8. The first-order valence-electron chi connectivity index (χ1n) is 7.78. The maximum atomic E-state index is 11.9. The third-order valence-corrected chi connectivity index (χ3v) is 3.46. The number of thiocarbonyl (C=S) groups is 1. The maximum absolute atomic E-state index is 11.9. The van der Waals surface area contributed by atoms with E-state index in [2.05, 4.69) is 16.2 Å². The Balaban J connectivity index is 2.69. The standard InChI is InChI=1S/C17H25N3O5S/c1-11(10-22-2)18-17(26)20-19-16(21)7-6-12-8-14(24-4)15(25-5)9-13(12)23-3/h6-9,11H,10H2,1-5H3,(H,19,21)(H2,18,20,26)/b7-6+/t11-/m1/s1. The molecule has 26 heavy (non-hydrogen) atoms. The predicted molar refractivity (Wildman–Crippen MR) is 103 cm³/mol. The van der Waals surface area contributed by atoms with Gasteiger partial charge in [0.05, 0.1) is 27.9 Å². The number of ether oxygens (including phenoxy) is 4. The minimum atomic E-state index is -0.384. The minimum Gasteiger partial charge on any atom is -0.496 e. The molecule has 1 rings (SSSR count). The first-order valence-corrected chi connectivity index (χ1v) is 8.19. The summed E-state index contributed by atoms with van der Waals surface area (Å²) < 4.78 is 20.8. The highest BCUT2D eigenvalue weighted by atomic mass is 32.1. The van der Waals surface area contributed by atoms with Gasteiger partial charge in [-0.05, 0) is 31.3 Å². The average molecular weight is 383 g/mol. The van der Waals surface area contributed by atoms with Crippen LogP contribution in [-0.2, 0) is 9.53 Å². The fraction of sp³-hybridized carbons (Fsp3) is 0.412. The molecule has 0 aliphatic rings. The monoisotopic (exact) mass is 383 g/mol. The lowest BCUT2D eigenvalue weighted by molar-refractivity contribution is -0.116. The zero-order valence-electron chi connectivity index (χ0n) is 15.5. The highest BCUT2D eigenvalue weighted by molar-refractivity contribution is 7.80. The molecule has 144 valence electrons. The van der Waals surface area contributed by atoms with E-state index in [1.807, 2.05) is 6.92 Å². The van der Waals surface area contributed by atoms with Gasteiger partial charge >= 0.3 is 0 Å². The van der Waals surface area contributed by atoms with Gasteiger partial charge in [0.25, 0.3) is 5.91 Å². The van der Waals surface area contributed by atoms with Gasteiger partial charge in [0.15, 0.2) is 16.6 Å². The second kappa shape index (κ2) is 11.2. The van der Waals surface area contributed by atoms with Crippen molar-refractivity contribution in [3.05, 3.63) is 23.8 Å². The normalized spacial score (nSPS) is 11.6. The fourth-order valence-corrected chi connectivity index (χ4v) is 2.31. The van der Waals surface area contributed by atoms with E-state index in [-0.39, 0.29) is 11.9 Å². The highest BCUT2D eigenvalue weighted by Crippen LogP contribution is 2.35. The number of benzene rings is 1. The van der Waals surface area contributed by atoms with Crippen molar-refractivity contribution in [1.29, 1.82) is 0 Å². The lowest BCUT2D eigenvalue weighted by Crippen LogP contribution is -2.49. The number of carbonyl (C=O) groups is 1. The van der Waals surface area contributed by atoms with Crippen molar-refractivity contribution in [1.82, 2.24) is 16.2 Å². The van der Waals surface area contributed by atoms with Crippen LogP contribution in [0.2, 0.25) is 0 Å². The van der Waals surface area contributed by atoms with Gasteiger partial charge < -0.3 is 24.3 Å². The van der Waals surface area contributed by atoms with E-state index in [4.69, 9.17) is 31.2 Å². The van der Waals surface area contributed by atoms with E-state index in [1.54, 1.807) is 25.3 Å². The van der Waals surface area contributed by atoms with Gasteiger partial charge in [-0.1, -0.05) is 0 Å². The van der Waals surface area contributed by atoms with Gasteiger partial charge in [-0.15, -0.1) is 0 Å². The molecule has 3 N–H and O–H groups in total. The van der Waals surface area contributed by atoms with Crippen LogP contribution in [0, 0.1) is 0 Å². The summed E-state index contributed by atoms with van der Waals surface area (Å²) >= 11 is 5.07. The van der Waals surface area contributed by atoms with E-state index in [9.17, 15) is 4.79 Å². The maximum Gasteiger partial charge on any atom is 0.262 e. The van der Waals surface area contributed by atoms with Crippen LogP contribution in [0.4, 0.5) is 0 Å². The number of hydrazine groups is 1. The van der Waals surface area contributed by atoms with Crippen LogP contribution in [0.25, 0.3) is 6.08 Å². The van der Waals surface area contributed by atoms with Crippen LogP contribution in [-0.4, -0.2) is 52.1 Å². The lowest BCUT2D eigenvalue weighted by Gasteiger charge is -2.16. The van der Waals surface area contributed by atoms with Crippen molar-refractivity contribution in [3.63, 3.8) is 0 Å². The second-order valence-corrected chi connectivity index (χ2v) is 5.63. The Morgan fingerprint density at radius 3 is 2.27 bits per heavy atom. The van der Waals surface area contributed by atoms with Gasteiger partial charge in [-0.25, -0.2) is 0 Å². The van der Waals surface area contributed by atoms with E-state index < -0.39 is 0 Å². The molecule has 0 heterocycles. The molecule has 8 nitrogen and oxygen atoms in total. The largest absolute Gasteiger partial charge is 0.496 e. The van der Waals surface area contributed by atoms with Gasteiger partial charge in [0.2, 0.25) is 0 Å². The van der Waals surface area contributed by atoms with Crippen molar-refractivity contribution in [2.75, 3.05) is 35.0 Å². The highest BCUT2D eigenvalue weighted by Gasteiger charge is 2.10. The molecule has 0 saturated heterocycles. The van der Waals surface area contributed by atoms with E-state index in [0.29, 0.717) is 34.5 Å². The molecule has 0 unspecified atom stereocenters. The molecule has 0 saturated carbocycles. The first-order chi connectivity index (χ1) is 12.4. The van der Waals surface area contributed by atoms with Crippen LogP contribution in [0.1, 0.15) is 12.5 Å². The topological polar surface area (TPSA) is 90.1 Å². The minimum absolute atomic E-state index is 0.0171. The summed E-state index contributed by atoms with van der Waals surface area (Å²) in [4.78, 5) is 11.9. The Bertz CT molecular complexity index is 652. The number of amides is 1. The molecule has 0 bridgehead atoms.